The van der Waals surface area contributed by atoms with Crippen molar-refractivity contribution in [1.29, 1.82) is 0 Å². The molecule has 2 aromatic rings. The van der Waals surface area contributed by atoms with Crippen LogP contribution >= 0.6 is 0 Å². The summed E-state index contributed by atoms with van der Waals surface area (Å²) in [5.41, 5.74) is 2.03. The third-order valence-electron chi connectivity index (χ3n) is 5.97. The molecule has 7 heteroatoms. The van der Waals surface area contributed by atoms with Crippen molar-refractivity contribution >= 4 is 17.8 Å². The SMILES string of the molecule is CCCCCCCCCCCCNC(=O)c1ccc(CN(Cc2cccnc2)C(=O)C(=O)O)cc1. The quantitative estimate of drug-likeness (QED) is 0.249. The Morgan fingerprint density at radius 1 is 0.829 bits per heavy atom. The van der Waals surface area contributed by atoms with Gasteiger partial charge in [-0.2, -0.15) is 0 Å². The van der Waals surface area contributed by atoms with E-state index in [1.54, 1.807) is 48.8 Å². The Morgan fingerprint density at radius 3 is 2.00 bits per heavy atom. The number of pyridine rings is 1. The Kier molecular flexibility index (Phi) is 13.1. The second-order valence-corrected chi connectivity index (χ2v) is 8.96. The van der Waals surface area contributed by atoms with Gasteiger partial charge in [-0.3, -0.25) is 14.6 Å². The lowest BCUT2D eigenvalue weighted by Crippen LogP contribution is -2.35. The third kappa shape index (κ3) is 11.2. The second-order valence-electron chi connectivity index (χ2n) is 8.96. The number of unbranched alkanes of at least 4 members (excludes halogenated alkanes) is 9. The zero-order chi connectivity index (χ0) is 25.3. The second kappa shape index (κ2) is 16.4. The van der Waals surface area contributed by atoms with Gasteiger partial charge in [0.2, 0.25) is 0 Å². The number of aromatic nitrogens is 1. The van der Waals surface area contributed by atoms with E-state index in [1.807, 2.05) is 0 Å². The van der Waals surface area contributed by atoms with Crippen molar-refractivity contribution in [1.82, 2.24) is 15.2 Å². The van der Waals surface area contributed by atoms with Crippen molar-refractivity contribution < 1.29 is 19.5 Å². The maximum Gasteiger partial charge on any atom is 0.394 e. The maximum absolute atomic E-state index is 12.4. The molecule has 0 aliphatic carbocycles. The van der Waals surface area contributed by atoms with E-state index in [9.17, 15) is 14.4 Å². The number of carbonyl (C=O) groups is 3. The number of benzene rings is 1. The fourth-order valence-corrected chi connectivity index (χ4v) is 3.95. The number of carboxylic acid groups (broad SMARTS) is 1. The van der Waals surface area contributed by atoms with Gasteiger partial charge in [-0.1, -0.05) is 82.9 Å². The van der Waals surface area contributed by atoms with Gasteiger partial charge in [0.1, 0.15) is 0 Å². The van der Waals surface area contributed by atoms with Crippen LogP contribution in [0.5, 0.6) is 0 Å². The van der Waals surface area contributed by atoms with Gasteiger partial charge in [-0.15, -0.1) is 0 Å². The van der Waals surface area contributed by atoms with E-state index in [1.165, 1.54) is 56.3 Å². The summed E-state index contributed by atoms with van der Waals surface area (Å²) in [4.78, 5) is 41.1. The van der Waals surface area contributed by atoms with Crippen LogP contribution in [0.3, 0.4) is 0 Å². The highest BCUT2D eigenvalue weighted by atomic mass is 16.4. The van der Waals surface area contributed by atoms with E-state index < -0.39 is 11.9 Å². The molecule has 1 heterocycles. The molecular formula is C28H39N3O4. The van der Waals surface area contributed by atoms with E-state index >= 15 is 0 Å². The Hall–Kier alpha value is -3.22. The lowest BCUT2D eigenvalue weighted by atomic mass is 10.1. The summed E-state index contributed by atoms with van der Waals surface area (Å²) in [6, 6.07) is 10.4. The molecule has 2 rings (SSSR count). The molecule has 7 nitrogen and oxygen atoms in total. The molecule has 2 amide bonds. The summed E-state index contributed by atoms with van der Waals surface area (Å²) in [5.74, 6) is -2.61. The summed E-state index contributed by atoms with van der Waals surface area (Å²) < 4.78 is 0. The largest absolute Gasteiger partial charge is 0.474 e. The van der Waals surface area contributed by atoms with Gasteiger partial charge in [0.25, 0.3) is 5.91 Å². The molecule has 0 radical (unpaired) electrons. The van der Waals surface area contributed by atoms with Crippen molar-refractivity contribution in [2.45, 2.75) is 84.2 Å². The Balaban J connectivity index is 1.72. The number of amides is 2. The number of carbonyl (C=O) groups excluding carboxylic acids is 2. The van der Waals surface area contributed by atoms with Crippen molar-refractivity contribution in [3.8, 4) is 0 Å². The first kappa shape index (κ1) is 28.0. The topological polar surface area (TPSA) is 99.6 Å². The molecule has 0 aliphatic rings. The fraction of sp³-hybridized carbons (Fsp3) is 0.500. The van der Waals surface area contributed by atoms with E-state index in [4.69, 9.17) is 5.11 Å². The van der Waals surface area contributed by atoms with Crippen LogP contribution in [-0.4, -0.2) is 39.3 Å². The van der Waals surface area contributed by atoms with Gasteiger partial charge in [-0.05, 0) is 35.7 Å². The molecular weight excluding hydrogens is 442 g/mol. The van der Waals surface area contributed by atoms with Crippen LogP contribution in [0.25, 0.3) is 0 Å². The zero-order valence-corrected chi connectivity index (χ0v) is 20.9. The molecule has 0 aliphatic heterocycles. The Labute approximate surface area is 209 Å². The number of aliphatic carboxylic acids is 1. The first-order valence-electron chi connectivity index (χ1n) is 12.8. The normalized spacial score (nSPS) is 10.7. The first-order chi connectivity index (χ1) is 17.0. The van der Waals surface area contributed by atoms with Crippen molar-refractivity contribution in [3.05, 3.63) is 65.5 Å². The summed E-state index contributed by atoms with van der Waals surface area (Å²) in [5, 5.41) is 12.1. The van der Waals surface area contributed by atoms with E-state index in [0.29, 0.717) is 12.1 Å². The summed E-state index contributed by atoms with van der Waals surface area (Å²) in [7, 11) is 0. The summed E-state index contributed by atoms with van der Waals surface area (Å²) in [6.07, 6.45) is 15.8. The van der Waals surface area contributed by atoms with Gasteiger partial charge >= 0.3 is 11.9 Å². The molecule has 1 aromatic carbocycles. The molecule has 35 heavy (non-hydrogen) atoms. The van der Waals surface area contributed by atoms with Crippen LogP contribution < -0.4 is 5.32 Å². The molecule has 2 N–H and O–H groups in total. The minimum absolute atomic E-state index is 0.124. The highest BCUT2D eigenvalue weighted by Crippen LogP contribution is 2.13. The van der Waals surface area contributed by atoms with Crippen LogP contribution in [-0.2, 0) is 22.7 Å². The highest BCUT2D eigenvalue weighted by molar-refractivity contribution is 6.31. The number of carboxylic acids is 1. The summed E-state index contributed by atoms with van der Waals surface area (Å²) >= 11 is 0. The van der Waals surface area contributed by atoms with Gasteiger partial charge < -0.3 is 15.3 Å². The van der Waals surface area contributed by atoms with Crippen LogP contribution in [0.2, 0.25) is 0 Å². The molecule has 0 saturated heterocycles. The number of hydrogen-bond donors (Lipinski definition) is 2. The molecule has 1 aromatic heterocycles. The van der Waals surface area contributed by atoms with Crippen LogP contribution in [0, 0.1) is 0 Å². The summed E-state index contributed by atoms with van der Waals surface area (Å²) in [6.45, 7) is 3.16. The zero-order valence-electron chi connectivity index (χ0n) is 20.9. The monoisotopic (exact) mass is 481 g/mol. The van der Waals surface area contributed by atoms with Crippen molar-refractivity contribution in [2.75, 3.05) is 6.54 Å². The predicted octanol–water partition coefficient (Wildman–Crippen LogP) is 5.35. The first-order valence-corrected chi connectivity index (χ1v) is 12.8. The molecule has 190 valence electrons. The van der Waals surface area contributed by atoms with Crippen molar-refractivity contribution in [3.63, 3.8) is 0 Å². The van der Waals surface area contributed by atoms with Crippen LogP contribution in [0.15, 0.2) is 48.8 Å². The maximum atomic E-state index is 12.4. The van der Waals surface area contributed by atoms with Gasteiger partial charge in [0.05, 0.1) is 0 Å². The van der Waals surface area contributed by atoms with E-state index in [0.717, 1.165) is 24.0 Å². The number of nitrogens with zero attached hydrogens (tertiary/aromatic N) is 2. The van der Waals surface area contributed by atoms with Crippen LogP contribution in [0.4, 0.5) is 0 Å². The molecule has 0 saturated carbocycles. The smallest absolute Gasteiger partial charge is 0.394 e. The van der Waals surface area contributed by atoms with E-state index in [-0.39, 0.29) is 19.0 Å². The van der Waals surface area contributed by atoms with Gasteiger partial charge in [0, 0.05) is 37.6 Å². The van der Waals surface area contributed by atoms with E-state index in [2.05, 4.69) is 17.2 Å². The standard InChI is InChI=1S/C28H39N3O4/c1-2-3-4-5-6-7-8-9-10-11-19-30-26(32)25-16-14-23(15-17-25)21-31(27(33)28(34)35)22-24-13-12-18-29-20-24/h12-18,20H,2-11,19,21-22H2,1H3,(H,30,32)(H,34,35). The number of rotatable bonds is 16. The average molecular weight is 482 g/mol. The molecule has 0 unspecified atom stereocenters. The lowest BCUT2D eigenvalue weighted by molar-refractivity contribution is -0.156. The Bertz CT molecular complexity index is 900. The average Bonchev–Trinajstić information content (AvgIpc) is 2.87. The molecule has 0 fully saturated rings. The van der Waals surface area contributed by atoms with Gasteiger partial charge in [-0.25, -0.2) is 4.79 Å². The minimum Gasteiger partial charge on any atom is -0.474 e. The molecule has 0 atom stereocenters. The Morgan fingerprint density at radius 2 is 1.43 bits per heavy atom. The van der Waals surface area contributed by atoms with Gasteiger partial charge in [0.15, 0.2) is 0 Å². The number of hydrogen-bond acceptors (Lipinski definition) is 4. The minimum atomic E-state index is -1.50. The third-order valence-corrected chi connectivity index (χ3v) is 5.97. The molecule has 0 bridgehead atoms. The van der Waals surface area contributed by atoms with Crippen LogP contribution in [0.1, 0.15) is 92.6 Å². The highest BCUT2D eigenvalue weighted by Gasteiger charge is 2.21. The molecule has 0 spiro atoms. The van der Waals surface area contributed by atoms with Crippen molar-refractivity contribution in [2.24, 2.45) is 0 Å². The fourth-order valence-electron chi connectivity index (χ4n) is 3.95. The lowest BCUT2D eigenvalue weighted by Gasteiger charge is -2.21. The number of nitrogens with one attached hydrogen (secondary N) is 1. The predicted molar refractivity (Wildman–Crippen MR) is 137 cm³/mol.